The molecule has 1 N–H and O–H groups in total. The predicted molar refractivity (Wildman–Crippen MR) is 80.9 cm³/mol. The van der Waals surface area contributed by atoms with Gasteiger partial charge in [0.25, 0.3) is 5.69 Å². The quantitative estimate of drug-likeness (QED) is 0.624. The van der Waals surface area contributed by atoms with E-state index in [0.717, 1.165) is 29.2 Å². The van der Waals surface area contributed by atoms with Gasteiger partial charge >= 0.3 is 0 Å². The zero-order valence-corrected chi connectivity index (χ0v) is 12.6. The Labute approximate surface area is 126 Å². The molecule has 2 rings (SSSR count). The van der Waals surface area contributed by atoms with Gasteiger partial charge in [-0.15, -0.1) is 5.10 Å². The fourth-order valence-electron chi connectivity index (χ4n) is 1.73. The van der Waals surface area contributed by atoms with Gasteiger partial charge in [-0.05, 0) is 25.0 Å². The third-order valence-electron chi connectivity index (χ3n) is 2.83. The highest BCUT2D eigenvalue weighted by molar-refractivity contribution is 7.10. The summed E-state index contributed by atoms with van der Waals surface area (Å²) in [6.07, 6.45) is 1.01. The summed E-state index contributed by atoms with van der Waals surface area (Å²) >= 11 is 1.29. The Morgan fingerprint density at radius 2 is 2.29 bits per heavy atom. The van der Waals surface area contributed by atoms with Crippen LogP contribution in [0.15, 0.2) is 18.2 Å². The summed E-state index contributed by atoms with van der Waals surface area (Å²) in [7, 11) is 0. The number of anilines is 1. The summed E-state index contributed by atoms with van der Waals surface area (Å²) < 4.78 is 9.59. The highest BCUT2D eigenvalue weighted by atomic mass is 32.1. The number of nitro groups is 1. The third-order valence-corrected chi connectivity index (χ3v) is 3.55. The Morgan fingerprint density at radius 1 is 1.48 bits per heavy atom. The van der Waals surface area contributed by atoms with E-state index >= 15 is 0 Å². The van der Waals surface area contributed by atoms with Crippen molar-refractivity contribution in [1.29, 1.82) is 0 Å². The van der Waals surface area contributed by atoms with Gasteiger partial charge in [0.1, 0.15) is 23.1 Å². The minimum atomic E-state index is -0.423. The molecule has 1 heterocycles. The van der Waals surface area contributed by atoms with E-state index in [1.807, 2.05) is 0 Å². The molecule has 0 radical (unpaired) electrons. The smallest absolute Gasteiger partial charge is 0.269 e. The minimum Gasteiger partial charge on any atom is -0.487 e. The van der Waals surface area contributed by atoms with Crippen molar-refractivity contribution in [1.82, 2.24) is 9.59 Å². The molecule has 21 heavy (non-hydrogen) atoms. The first kappa shape index (κ1) is 15.2. The summed E-state index contributed by atoms with van der Waals surface area (Å²) in [5, 5.41) is 18.9. The summed E-state index contributed by atoms with van der Waals surface area (Å²) in [4.78, 5) is 10.3. The van der Waals surface area contributed by atoms with E-state index in [9.17, 15) is 10.1 Å². The maximum Gasteiger partial charge on any atom is 0.269 e. The number of rotatable bonds is 7. The lowest BCUT2D eigenvalue weighted by Gasteiger charge is -2.08. The Balaban J connectivity index is 2.03. The van der Waals surface area contributed by atoms with Gasteiger partial charge < -0.3 is 10.1 Å². The molecule has 0 saturated heterocycles. The molecule has 0 amide bonds. The fourth-order valence-corrected chi connectivity index (χ4v) is 2.32. The van der Waals surface area contributed by atoms with E-state index in [4.69, 9.17) is 4.74 Å². The maximum absolute atomic E-state index is 10.7. The highest BCUT2D eigenvalue weighted by Gasteiger charge is 2.11. The van der Waals surface area contributed by atoms with E-state index in [1.165, 1.54) is 23.7 Å². The van der Waals surface area contributed by atoms with Crippen molar-refractivity contribution in [2.75, 3.05) is 11.9 Å². The van der Waals surface area contributed by atoms with Crippen LogP contribution in [0.25, 0.3) is 0 Å². The zero-order valence-electron chi connectivity index (χ0n) is 11.8. The van der Waals surface area contributed by atoms with Crippen molar-refractivity contribution in [2.45, 2.75) is 26.9 Å². The average Bonchev–Trinajstić information content (AvgIpc) is 2.91. The fraction of sp³-hybridized carbons (Fsp3) is 0.385. The molecule has 2 aromatic rings. The van der Waals surface area contributed by atoms with Crippen LogP contribution in [0, 0.1) is 17.0 Å². The number of ether oxygens (including phenoxy) is 1. The lowest BCUT2D eigenvalue weighted by Crippen LogP contribution is -2.04. The molecule has 0 unspecified atom stereocenters. The van der Waals surface area contributed by atoms with Gasteiger partial charge in [-0.25, -0.2) is 0 Å². The Kier molecular flexibility index (Phi) is 5.04. The normalized spacial score (nSPS) is 10.4. The van der Waals surface area contributed by atoms with E-state index in [0.29, 0.717) is 5.75 Å². The number of nitrogens with one attached hydrogen (secondary N) is 1. The van der Waals surface area contributed by atoms with Crippen molar-refractivity contribution in [3.05, 3.63) is 39.6 Å². The SMILES string of the molecule is CCCNc1snnc1COc1ccc([N+](=O)[O-])cc1C. The van der Waals surface area contributed by atoms with E-state index in [-0.39, 0.29) is 12.3 Å². The molecule has 0 aliphatic rings. The number of aromatic nitrogens is 2. The zero-order chi connectivity index (χ0) is 15.2. The molecule has 0 fully saturated rings. The third kappa shape index (κ3) is 3.88. The van der Waals surface area contributed by atoms with Crippen molar-refractivity contribution in [2.24, 2.45) is 0 Å². The van der Waals surface area contributed by atoms with Gasteiger partial charge in [-0.1, -0.05) is 11.4 Å². The number of benzene rings is 1. The molecule has 0 atom stereocenters. The Morgan fingerprint density at radius 3 is 2.95 bits per heavy atom. The van der Waals surface area contributed by atoms with Crippen LogP contribution in [0.4, 0.5) is 10.7 Å². The largest absolute Gasteiger partial charge is 0.487 e. The number of hydrogen-bond donors (Lipinski definition) is 1. The maximum atomic E-state index is 10.7. The van der Waals surface area contributed by atoms with Crippen LogP contribution in [-0.4, -0.2) is 21.1 Å². The molecular formula is C13H16N4O3S. The van der Waals surface area contributed by atoms with E-state index in [1.54, 1.807) is 13.0 Å². The second-order valence-corrected chi connectivity index (χ2v) is 5.23. The van der Waals surface area contributed by atoms with Crippen LogP contribution in [0.2, 0.25) is 0 Å². The van der Waals surface area contributed by atoms with Gasteiger partial charge in [0.05, 0.1) is 4.92 Å². The van der Waals surface area contributed by atoms with E-state index in [2.05, 4.69) is 21.8 Å². The molecule has 1 aromatic carbocycles. The van der Waals surface area contributed by atoms with Crippen LogP contribution in [0.5, 0.6) is 5.75 Å². The topological polar surface area (TPSA) is 90.2 Å². The number of hydrogen-bond acceptors (Lipinski definition) is 7. The number of nitrogens with zero attached hydrogens (tertiary/aromatic N) is 3. The van der Waals surface area contributed by atoms with Gasteiger partial charge in [-0.3, -0.25) is 10.1 Å². The van der Waals surface area contributed by atoms with Gasteiger partial charge in [0.15, 0.2) is 0 Å². The molecule has 8 heteroatoms. The lowest BCUT2D eigenvalue weighted by atomic mass is 10.2. The van der Waals surface area contributed by atoms with Crippen LogP contribution in [0.3, 0.4) is 0 Å². The molecule has 0 bridgehead atoms. The molecular weight excluding hydrogens is 292 g/mol. The monoisotopic (exact) mass is 308 g/mol. The van der Waals surface area contributed by atoms with Crippen molar-refractivity contribution < 1.29 is 9.66 Å². The summed E-state index contributed by atoms with van der Waals surface area (Å²) in [6.45, 7) is 4.99. The average molecular weight is 308 g/mol. The molecule has 112 valence electrons. The molecule has 0 saturated carbocycles. The summed E-state index contributed by atoms with van der Waals surface area (Å²) in [5.74, 6) is 0.607. The second kappa shape index (κ2) is 6.98. The van der Waals surface area contributed by atoms with Gasteiger partial charge in [0.2, 0.25) is 0 Å². The van der Waals surface area contributed by atoms with Gasteiger partial charge in [-0.2, -0.15) is 0 Å². The van der Waals surface area contributed by atoms with Gasteiger partial charge in [0, 0.05) is 30.2 Å². The van der Waals surface area contributed by atoms with Crippen molar-refractivity contribution >= 4 is 22.2 Å². The highest BCUT2D eigenvalue weighted by Crippen LogP contribution is 2.25. The predicted octanol–water partition coefficient (Wildman–Crippen LogP) is 3.16. The van der Waals surface area contributed by atoms with Crippen LogP contribution in [0.1, 0.15) is 24.6 Å². The lowest BCUT2D eigenvalue weighted by molar-refractivity contribution is -0.384. The first-order chi connectivity index (χ1) is 10.1. The first-order valence-electron chi connectivity index (χ1n) is 6.54. The van der Waals surface area contributed by atoms with Crippen molar-refractivity contribution in [3.8, 4) is 5.75 Å². The summed E-state index contributed by atoms with van der Waals surface area (Å²) in [6, 6.07) is 4.52. The second-order valence-electron chi connectivity index (χ2n) is 4.47. The molecule has 1 aromatic heterocycles. The standard InChI is InChI=1S/C13H16N4O3S/c1-3-6-14-13-11(15-16-21-13)8-20-12-5-4-10(17(18)19)7-9(12)2/h4-5,7,14H,3,6,8H2,1-2H3. The number of nitro benzene ring substituents is 1. The first-order valence-corrected chi connectivity index (χ1v) is 7.32. The molecule has 7 nitrogen and oxygen atoms in total. The Bertz CT molecular complexity index is 630. The van der Waals surface area contributed by atoms with E-state index < -0.39 is 4.92 Å². The molecule has 0 aliphatic heterocycles. The Hall–Kier alpha value is -2.22. The van der Waals surface area contributed by atoms with Crippen molar-refractivity contribution in [3.63, 3.8) is 0 Å². The minimum absolute atomic E-state index is 0.0560. The number of non-ortho nitro benzene ring substituents is 1. The molecule has 0 aliphatic carbocycles. The van der Waals surface area contributed by atoms with Crippen LogP contribution >= 0.6 is 11.5 Å². The summed E-state index contributed by atoms with van der Waals surface area (Å²) in [5.41, 5.74) is 1.52. The molecule has 0 spiro atoms. The number of aryl methyl sites for hydroxylation is 1. The van der Waals surface area contributed by atoms with Crippen LogP contribution in [-0.2, 0) is 6.61 Å². The van der Waals surface area contributed by atoms with Crippen LogP contribution < -0.4 is 10.1 Å².